The van der Waals surface area contributed by atoms with E-state index >= 15 is 0 Å². The van der Waals surface area contributed by atoms with Crippen LogP contribution in [0.4, 0.5) is 0 Å². The number of ether oxygens (including phenoxy) is 1. The zero-order chi connectivity index (χ0) is 21.8. The van der Waals surface area contributed by atoms with E-state index in [1.54, 1.807) is 13.8 Å². The number of hydrazine groups is 2. The molecule has 7 N–H and O–H groups in total. The third-order valence-electron chi connectivity index (χ3n) is 2.40. The molecular weight excluding hydrogens is 360 g/mol. The van der Waals surface area contributed by atoms with Gasteiger partial charge in [-0.05, 0) is 33.6 Å². The van der Waals surface area contributed by atoms with Crippen molar-refractivity contribution >= 4 is 29.5 Å². The summed E-state index contributed by atoms with van der Waals surface area (Å²) in [4.78, 5) is 51.0. The molecule has 0 heterocycles. The van der Waals surface area contributed by atoms with E-state index in [4.69, 9.17) is 16.8 Å². The Hall–Kier alpha value is -2.79. The van der Waals surface area contributed by atoms with Crippen LogP contribution in [0.25, 0.3) is 0 Å². The molecule has 0 radical (unpaired) electrons. The number of Topliss-reactive ketones (excluding diaryl/α,β-unsaturated/α-hetero) is 1. The molecular formula is C16H30N4O7. The van der Waals surface area contributed by atoms with Gasteiger partial charge in [-0.1, -0.05) is 6.58 Å². The Morgan fingerprint density at radius 1 is 0.963 bits per heavy atom. The minimum Gasteiger partial charge on any atom is -0.481 e. The molecule has 11 heteroatoms. The zero-order valence-corrected chi connectivity index (χ0v) is 16.0. The number of hydrogen-bond acceptors (Lipinski definition) is 8. The van der Waals surface area contributed by atoms with Crippen molar-refractivity contribution in [3.05, 3.63) is 12.2 Å². The van der Waals surface area contributed by atoms with Crippen molar-refractivity contribution < 1.29 is 33.8 Å². The Morgan fingerprint density at radius 3 is 1.52 bits per heavy atom. The summed E-state index contributed by atoms with van der Waals surface area (Å²) in [5, 5.41) is 7.86. The van der Waals surface area contributed by atoms with Gasteiger partial charge in [0.2, 0.25) is 11.8 Å². The van der Waals surface area contributed by atoms with Crippen LogP contribution in [0, 0.1) is 0 Å². The van der Waals surface area contributed by atoms with Crippen LogP contribution in [-0.4, -0.2) is 41.2 Å². The second-order valence-corrected chi connectivity index (χ2v) is 5.12. The highest BCUT2D eigenvalue weighted by molar-refractivity contribution is 5.93. The first kappa shape index (κ1) is 29.0. The average molecular weight is 390 g/mol. The van der Waals surface area contributed by atoms with Crippen LogP contribution in [0.15, 0.2) is 12.2 Å². The highest BCUT2D eigenvalue weighted by Gasteiger charge is 2.01. The quantitative estimate of drug-likeness (QED) is 0.0669. The number of carbonyl (C=O) groups is 5. The number of unbranched alkanes of at least 4 members (excludes halogenated alkanes) is 1. The van der Waals surface area contributed by atoms with Crippen LogP contribution in [-0.2, 0) is 28.7 Å². The summed E-state index contributed by atoms with van der Waals surface area (Å²) in [6.07, 6.45) is 1.59. The summed E-state index contributed by atoms with van der Waals surface area (Å²) in [5.74, 6) is 7.56. The van der Waals surface area contributed by atoms with Crippen molar-refractivity contribution in [1.29, 1.82) is 0 Å². The Balaban J connectivity index is -0.000000336. The molecule has 0 aromatic rings. The molecule has 0 aromatic heterocycles. The molecule has 11 nitrogen and oxygen atoms in total. The van der Waals surface area contributed by atoms with E-state index in [2.05, 4.69) is 11.3 Å². The number of rotatable bonds is 9. The summed E-state index contributed by atoms with van der Waals surface area (Å²) in [6, 6.07) is 0. The summed E-state index contributed by atoms with van der Waals surface area (Å²) in [7, 11) is 0. The number of nitrogens with one attached hydrogen (secondary N) is 2. The van der Waals surface area contributed by atoms with Crippen molar-refractivity contribution in [2.75, 3.05) is 6.61 Å². The van der Waals surface area contributed by atoms with Crippen LogP contribution in [0.5, 0.6) is 0 Å². The number of carboxylic acids is 1. The van der Waals surface area contributed by atoms with E-state index in [0.717, 1.165) is 0 Å². The van der Waals surface area contributed by atoms with E-state index in [0.29, 0.717) is 37.9 Å². The summed E-state index contributed by atoms with van der Waals surface area (Å²) in [6.45, 7) is 8.45. The fourth-order valence-corrected chi connectivity index (χ4v) is 1.18. The topological polar surface area (TPSA) is 191 Å². The maximum atomic E-state index is 10.6. The molecule has 0 spiro atoms. The van der Waals surface area contributed by atoms with E-state index in [1.165, 1.54) is 6.92 Å². The number of amides is 2. The molecule has 0 rings (SSSR count). The molecule has 0 atom stereocenters. The van der Waals surface area contributed by atoms with Gasteiger partial charge in [0.15, 0.2) is 0 Å². The molecule has 0 fully saturated rings. The maximum absolute atomic E-state index is 10.6. The lowest BCUT2D eigenvalue weighted by atomic mass is 10.2. The Bertz CT molecular complexity index is 477. The molecule has 0 saturated heterocycles. The smallest absolute Gasteiger partial charge is 0.333 e. The largest absolute Gasteiger partial charge is 0.481 e. The van der Waals surface area contributed by atoms with Crippen LogP contribution >= 0.6 is 0 Å². The van der Waals surface area contributed by atoms with Gasteiger partial charge in [-0.25, -0.2) is 16.5 Å². The van der Waals surface area contributed by atoms with Gasteiger partial charge in [-0.15, -0.1) is 0 Å². The minimum atomic E-state index is -1.06. The van der Waals surface area contributed by atoms with E-state index in [1.807, 2.05) is 10.9 Å². The monoisotopic (exact) mass is 390 g/mol. The predicted molar refractivity (Wildman–Crippen MR) is 97.5 cm³/mol. The highest BCUT2D eigenvalue weighted by atomic mass is 16.5. The normalized spacial score (nSPS) is 8.63. The van der Waals surface area contributed by atoms with Gasteiger partial charge in [0.1, 0.15) is 12.2 Å². The van der Waals surface area contributed by atoms with E-state index in [-0.39, 0.29) is 30.0 Å². The van der Waals surface area contributed by atoms with Gasteiger partial charge in [-0.2, -0.15) is 0 Å². The average Bonchev–Trinajstić information content (AvgIpc) is 2.58. The lowest BCUT2D eigenvalue weighted by Gasteiger charge is -1.99. The third kappa shape index (κ3) is 28.3. The van der Waals surface area contributed by atoms with Gasteiger partial charge in [0.05, 0.1) is 6.61 Å². The summed E-state index contributed by atoms with van der Waals surface area (Å²) in [5.41, 5.74) is 4.46. The van der Waals surface area contributed by atoms with Crippen LogP contribution in [0.3, 0.4) is 0 Å². The fraction of sp³-hybridized carbons (Fsp3) is 0.562. The van der Waals surface area contributed by atoms with Crippen molar-refractivity contribution in [1.82, 2.24) is 10.9 Å². The van der Waals surface area contributed by atoms with Gasteiger partial charge in [-0.3, -0.25) is 30.0 Å². The van der Waals surface area contributed by atoms with E-state index < -0.39 is 5.97 Å². The SMILES string of the molecule is C=C(C)C(=O)OCC.CC(=O)CC(=O)O.NNC(=O)CCCCC(=O)NN. The molecule has 0 aliphatic rings. The van der Waals surface area contributed by atoms with Crippen LogP contribution in [0.1, 0.15) is 52.9 Å². The Labute approximate surface area is 158 Å². The lowest BCUT2D eigenvalue weighted by Crippen LogP contribution is -2.30. The fourth-order valence-electron chi connectivity index (χ4n) is 1.18. The molecule has 0 unspecified atom stereocenters. The first-order valence-electron chi connectivity index (χ1n) is 8.04. The second kappa shape index (κ2) is 19.5. The predicted octanol–water partition coefficient (Wildman–Crippen LogP) is -0.298. The first-order valence-corrected chi connectivity index (χ1v) is 8.04. The van der Waals surface area contributed by atoms with Gasteiger partial charge < -0.3 is 9.84 Å². The third-order valence-corrected chi connectivity index (χ3v) is 2.40. The summed E-state index contributed by atoms with van der Waals surface area (Å²) >= 11 is 0. The van der Waals surface area contributed by atoms with Crippen LogP contribution < -0.4 is 22.5 Å². The Morgan fingerprint density at radius 2 is 1.37 bits per heavy atom. The first-order chi connectivity index (χ1) is 12.5. The van der Waals surface area contributed by atoms with Crippen molar-refractivity contribution in [3.8, 4) is 0 Å². The summed E-state index contributed by atoms with van der Waals surface area (Å²) < 4.78 is 4.56. The maximum Gasteiger partial charge on any atom is 0.333 e. The van der Waals surface area contributed by atoms with Gasteiger partial charge in [0.25, 0.3) is 0 Å². The number of ketones is 1. The molecule has 0 aliphatic carbocycles. The Kier molecular flexibility index (Phi) is 21.0. The molecule has 156 valence electrons. The van der Waals surface area contributed by atoms with Crippen LogP contribution in [0.2, 0.25) is 0 Å². The number of nitrogens with two attached hydrogens (primary N) is 2. The number of carbonyl (C=O) groups excluding carboxylic acids is 4. The van der Waals surface area contributed by atoms with Crippen molar-refractivity contribution in [3.63, 3.8) is 0 Å². The second-order valence-electron chi connectivity index (χ2n) is 5.12. The zero-order valence-electron chi connectivity index (χ0n) is 16.0. The van der Waals surface area contributed by atoms with Crippen molar-refractivity contribution in [2.24, 2.45) is 11.7 Å². The molecule has 0 aromatic carbocycles. The lowest BCUT2D eigenvalue weighted by molar-refractivity contribution is -0.140. The van der Waals surface area contributed by atoms with E-state index in [9.17, 15) is 24.0 Å². The molecule has 0 aliphatic heterocycles. The molecule has 0 saturated carbocycles. The van der Waals surface area contributed by atoms with Gasteiger partial charge in [0, 0.05) is 18.4 Å². The standard InChI is InChI=1S/C6H14N4O2.C6H10O2.C4H6O3/c7-9-5(11)3-1-2-4-6(12)10-8;1-4-8-6(7)5(2)3;1-3(5)2-4(6)7/h1-4,7-8H2,(H,9,11)(H,10,12);2,4H2,1,3H3;2H2,1H3,(H,6,7). The number of aliphatic carboxylic acids is 1. The highest BCUT2D eigenvalue weighted by Crippen LogP contribution is 1.98. The van der Waals surface area contributed by atoms with Crippen molar-refractivity contribution in [2.45, 2.75) is 52.9 Å². The number of hydrogen-bond donors (Lipinski definition) is 5. The number of esters is 1. The molecule has 27 heavy (non-hydrogen) atoms. The number of carboxylic acid groups (broad SMARTS) is 1. The molecule has 2 amide bonds. The minimum absolute atomic E-state index is 0.219. The molecule has 0 bridgehead atoms. The van der Waals surface area contributed by atoms with Gasteiger partial charge >= 0.3 is 11.9 Å².